The van der Waals surface area contributed by atoms with E-state index in [4.69, 9.17) is 5.26 Å². The molecule has 1 atom stereocenters. The van der Waals surface area contributed by atoms with Gasteiger partial charge in [0.05, 0.1) is 22.7 Å². The minimum atomic E-state index is -0.354. The molecule has 1 amide bonds. The minimum absolute atomic E-state index is 0.0444. The number of anilines is 1. The fraction of sp³-hybridized carbons (Fsp3) is 0.467. The van der Waals surface area contributed by atoms with Gasteiger partial charge in [-0.15, -0.1) is 0 Å². The number of nitrogens with one attached hydrogen (secondary N) is 2. The van der Waals surface area contributed by atoms with E-state index < -0.39 is 0 Å². The Kier molecular flexibility index (Phi) is 4.46. The van der Waals surface area contributed by atoms with E-state index in [0.717, 1.165) is 17.4 Å². The molecule has 1 aromatic rings. The Morgan fingerprint density at radius 2 is 2.30 bits per heavy atom. The van der Waals surface area contributed by atoms with Crippen molar-refractivity contribution in [1.82, 2.24) is 5.32 Å². The number of carbonyl (C=O) groups is 1. The van der Waals surface area contributed by atoms with Gasteiger partial charge in [-0.3, -0.25) is 4.79 Å². The highest BCUT2D eigenvalue weighted by Crippen LogP contribution is 2.36. The van der Waals surface area contributed by atoms with Crippen LogP contribution in [-0.2, 0) is 4.79 Å². The van der Waals surface area contributed by atoms with Crippen LogP contribution in [0.4, 0.5) is 5.69 Å². The van der Waals surface area contributed by atoms with Crippen molar-refractivity contribution in [2.24, 2.45) is 11.3 Å². The normalized spacial score (nSPS) is 21.8. The van der Waals surface area contributed by atoms with E-state index in [9.17, 15) is 4.79 Å². The summed E-state index contributed by atoms with van der Waals surface area (Å²) >= 11 is 3.40. The molecule has 1 aromatic carbocycles. The van der Waals surface area contributed by atoms with Crippen LogP contribution in [0.3, 0.4) is 0 Å². The second-order valence-corrected chi connectivity index (χ2v) is 6.35. The van der Waals surface area contributed by atoms with Crippen molar-refractivity contribution >= 4 is 27.5 Å². The average molecular weight is 336 g/mol. The molecule has 0 bridgehead atoms. The zero-order valence-electron chi connectivity index (χ0n) is 11.7. The predicted octanol–water partition coefficient (Wildman–Crippen LogP) is 2.89. The van der Waals surface area contributed by atoms with Crippen LogP contribution in [0.15, 0.2) is 22.7 Å². The quantitative estimate of drug-likeness (QED) is 0.892. The second-order valence-electron chi connectivity index (χ2n) is 5.50. The third-order valence-corrected chi connectivity index (χ3v) is 4.75. The SMILES string of the molecule is CC(C)C1(C(=O)Nc2ccc(C#N)cc2Br)CCNC1. The molecule has 4 nitrogen and oxygen atoms in total. The van der Waals surface area contributed by atoms with Crippen molar-refractivity contribution in [3.05, 3.63) is 28.2 Å². The van der Waals surface area contributed by atoms with E-state index >= 15 is 0 Å². The Morgan fingerprint density at radius 3 is 2.80 bits per heavy atom. The van der Waals surface area contributed by atoms with Crippen molar-refractivity contribution in [1.29, 1.82) is 5.26 Å². The standard InChI is InChI=1S/C15H18BrN3O/c1-10(2)15(5-6-18-9-15)14(20)19-13-4-3-11(8-17)7-12(13)16/h3-4,7,10,18H,5-6,9H2,1-2H3,(H,19,20). The number of nitrogens with zero attached hydrogens (tertiary/aromatic N) is 1. The first-order chi connectivity index (χ1) is 9.49. The summed E-state index contributed by atoms with van der Waals surface area (Å²) in [5.74, 6) is 0.317. The molecule has 5 heteroatoms. The van der Waals surface area contributed by atoms with Crippen LogP contribution < -0.4 is 10.6 Å². The first-order valence-corrected chi connectivity index (χ1v) is 7.51. The van der Waals surface area contributed by atoms with Crippen molar-refractivity contribution in [2.75, 3.05) is 18.4 Å². The van der Waals surface area contributed by atoms with Crippen LogP contribution in [0.2, 0.25) is 0 Å². The highest BCUT2D eigenvalue weighted by molar-refractivity contribution is 9.10. The summed E-state index contributed by atoms with van der Waals surface area (Å²) in [5, 5.41) is 15.1. The smallest absolute Gasteiger partial charge is 0.232 e. The van der Waals surface area contributed by atoms with E-state index in [1.165, 1.54) is 0 Å². The lowest BCUT2D eigenvalue weighted by atomic mass is 9.75. The van der Waals surface area contributed by atoms with Crippen LogP contribution >= 0.6 is 15.9 Å². The summed E-state index contributed by atoms with van der Waals surface area (Å²) in [7, 11) is 0. The molecule has 2 rings (SSSR count). The van der Waals surface area contributed by atoms with Gasteiger partial charge in [-0.2, -0.15) is 5.26 Å². The number of hydrogen-bond donors (Lipinski definition) is 2. The number of hydrogen-bond acceptors (Lipinski definition) is 3. The van der Waals surface area contributed by atoms with Gasteiger partial charge in [0.1, 0.15) is 0 Å². The largest absolute Gasteiger partial charge is 0.325 e. The van der Waals surface area contributed by atoms with E-state index in [1.54, 1.807) is 18.2 Å². The summed E-state index contributed by atoms with van der Waals surface area (Å²) < 4.78 is 0.731. The van der Waals surface area contributed by atoms with Gasteiger partial charge in [0.2, 0.25) is 5.91 Å². The molecule has 1 aliphatic heterocycles. The van der Waals surface area contributed by atoms with Gasteiger partial charge in [-0.05, 0) is 53.0 Å². The highest BCUT2D eigenvalue weighted by atomic mass is 79.9. The Morgan fingerprint density at radius 1 is 1.55 bits per heavy atom. The second kappa shape index (κ2) is 5.94. The van der Waals surface area contributed by atoms with Gasteiger partial charge in [0.15, 0.2) is 0 Å². The topological polar surface area (TPSA) is 64.9 Å². The number of amides is 1. The first kappa shape index (κ1) is 15.0. The molecular weight excluding hydrogens is 318 g/mol. The summed E-state index contributed by atoms with van der Waals surface area (Å²) in [6, 6.07) is 7.25. The first-order valence-electron chi connectivity index (χ1n) is 6.71. The Bertz CT molecular complexity index is 557. The van der Waals surface area contributed by atoms with Crippen molar-refractivity contribution < 1.29 is 4.79 Å². The van der Waals surface area contributed by atoms with Gasteiger partial charge in [0, 0.05) is 11.0 Å². The molecule has 0 aliphatic carbocycles. The molecule has 1 fully saturated rings. The van der Waals surface area contributed by atoms with Crippen LogP contribution in [0, 0.1) is 22.7 Å². The zero-order valence-corrected chi connectivity index (χ0v) is 13.3. The molecule has 0 spiro atoms. The zero-order chi connectivity index (χ0) is 14.8. The number of benzene rings is 1. The molecule has 1 heterocycles. The maximum atomic E-state index is 12.6. The average Bonchev–Trinajstić information content (AvgIpc) is 2.91. The maximum absolute atomic E-state index is 12.6. The predicted molar refractivity (Wildman–Crippen MR) is 82.2 cm³/mol. The van der Waals surface area contributed by atoms with Gasteiger partial charge < -0.3 is 10.6 Å². The summed E-state index contributed by atoms with van der Waals surface area (Å²) in [4.78, 5) is 12.6. The van der Waals surface area contributed by atoms with Crippen molar-refractivity contribution in [3.63, 3.8) is 0 Å². The van der Waals surface area contributed by atoms with Crippen molar-refractivity contribution in [3.8, 4) is 6.07 Å². The van der Waals surface area contributed by atoms with Gasteiger partial charge in [0.25, 0.3) is 0 Å². The molecule has 0 radical (unpaired) electrons. The van der Waals surface area contributed by atoms with Gasteiger partial charge >= 0.3 is 0 Å². The fourth-order valence-corrected chi connectivity index (χ4v) is 3.07. The molecule has 1 aliphatic rings. The van der Waals surface area contributed by atoms with Crippen LogP contribution in [0.5, 0.6) is 0 Å². The van der Waals surface area contributed by atoms with Gasteiger partial charge in [-0.1, -0.05) is 13.8 Å². The third-order valence-electron chi connectivity index (χ3n) is 4.09. The lowest BCUT2D eigenvalue weighted by Gasteiger charge is -2.31. The molecular formula is C15H18BrN3O. The van der Waals surface area contributed by atoms with Crippen LogP contribution in [-0.4, -0.2) is 19.0 Å². The number of carbonyl (C=O) groups excluding carboxylic acids is 1. The highest BCUT2D eigenvalue weighted by Gasteiger charge is 2.43. The Labute approximate surface area is 127 Å². The minimum Gasteiger partial charge on any atom is -0.325 e. The van der Waals surface area contributed by atoms with Crippen LogP contribution in [0.1, 0.15) is 25.8 Å². The third kappa shape index (κ3) is 2.72. The Balaban J connectivity index is 2.21. The number of rotatable bonds is 3. The van der Waals surface area contributed by atoms with E-state index in [1.807, 2.05) is 0 Å². The van der Waals surface area contributed by atoms with E-state index in [-0.39, 0.29) is 17.2 Å². The maximum Gasteiger partial charge on any atom is 0.232 e. The Hall–Kier alpha value is -1.38. The molecule has 106 valence electrons. The van der Waals surface area contributed by atoms with E-state index in [0.29, 0.717) is 17.8 Å². The molecule has 1 unspecified atom stereocenters. The molecule has 0 aromatic heterocycles. The lowest BCUT2D eigenvalue weighted by molar-refractivity contribution is -0.126. The lowest BCUT2D eigenvalue weighted by Crippen LogP contribution is -2.42. The van der Waals surface area contributed by atoms with Crippen LogP contribution in [0.25, 0.3) is 0 Å². The molecule has 1 saturated heterocycles. The molecule has 20 heavy (non-hydrogen) atoms. The summed E-state index contributed by atoms with van der Waals surface area (Å²) in [6.45, 7) is 5.76. The van der Waals surface area contributed by atoms with Gasteiger partial charge in [-0.25, -0.2) is 0 Å². The fourth-order valence-electron chi connectivity index (χ4n) is 2.59. The number of nitriles is 1. The number of halogens is 1. The molecule has 2 N–H and O–H groups in total. The van der Waals surface area contributed by atoms with Crippen molar-refractivity contribution in [2.45, 2.75) is 20.3 Å². The monoisotopic (exact) mass is 335 g/mol. The van der Waals surface area contributed by atoms with E-state index in [2.05, 4.69) is 46.5 Å². The summed E-state index contributed by atoms with van der Waals surface area (Å²) in [5.41, 5.74) is 0.921. The molecule has 0 saturated carbocycles. The summed E-state index contributed by atoms with van der Waals surface area (Å²) in [6.07, 6.45) is 0.852.